The van der Waals surface area contributed by atoms with Gasteiger partial charge in [-0.1, -0.05) is 6.92 Å². The number of hydrogen-bond donors (Lipinski definition) is 2. The first-order valence-corrected chi connectivity index (χ1v) is 5.07. The van der Waals surface area contributed by atoms with Crippen LogP contribution in [0.3, 0.4) is 0 Å². The first kappa shape index (κ1) is 9.33. The zero-order valence-corrected chi connectivity index (χ0v) is 8.53. The second-order valence-corrected chi connectivity index (χ2v) is 3.59. The summed E-state index contributed by atoms with van der Waals surface area (Å²) in [7, 11) is 0. The third-order valence-corrected chi connectivity index (χ3v) is 2.81. The van der Waals surface area contributed by atoms with Crippen LogP contribution in [-0.2, 0) is 0 Å². The maximum absolute atomic E-state index is 5.77. The third-order valence-electron chi connectivity index (χ3n) is 2.81. The normalized spacial score (nSPS) is 18.8. The number of aromatic amines is 1. The van der Waals surface area contributed by atoms with Crippen molar-refractivity contribution in [1.29, 1.82) is 0 Å². The summed E-state index contributed by atoms with van der Waals surface area (Å²) in [6, 6.07) is 0. The van der Waals surface area contributed by atoms with Gasteiger partial charge in [-0.2, -0.15) is 5.10 Å². The molecule has 0 radical (unpaired) electrons. The molecule has 0 aromatic carbocycles. The maximum Gasteiger partial charge on any atom is 0.142 e. The van der Waals surface area contributed by atoms with Crippen LogP contribution >= 0.6 is 0 Å². The van der Waals surface area contributed by atoms with E-state index in [1.165, 1.54) is 0 Å². The Bertz CT molecular complexity index is 287. The van der Waals surface area contributed by atoms with E-state index in [1.54, 1.807) is 6.20 Å². The van der Waals surface area contributed by atoms with Crippen LogP contribution in [0.2, 0.25) is 0 Å². The van der Waals surface area contributed by atoms with Crippen LogP contribution in [0.1, 0.15) is 6.92 Å². The molecule has 1 aliphatic heterocycles. The molecular formula is C9H17N5. The van der Waals surface area contributed by atoms with E-state index in [0.29, 0.717) is 5.82 Å². The fourth-order valence-corrected chi connectivity index (χ4v) is 1.85. The van der Waals surface area contributed by atoms with Crippen LogP contribution in [0, 0.1) is 0 Å². The lowest BCUT2D eigenvalue weighted by Crippen LogP contribution is -2.46. The molecule has 0 unspecified atom stereocenters. The van der Waals surface area contributed by atoms with Gasteiger partial charge in [-0.3, -0.25) is 5.10 Å². The van der Waals surface area contributed by atoms with Crippen LogP contribution in [0.25, 0.3) is 0 Å². The molecule has 1 fully saturated rings. The van der Waals surface area contributed by atoms with Gasteiger partial charge < -0.3 is 15.5 Å². The van der Waals surface area contributed by atoms with Gasteiger partial charge in [0.05, 0.1) is 11.9 Å². The van der Waals surface area contributed by atoms with Crippen LogP contribution in [0.15, 0.2) is 6.20 Å². The molecule has 78 valence electrons. The second kappa shape index (κ2) is 3.88. The molecule has 0 bridgehead atoms. The fourth-order valence-electron chi connectivity index (χ4n) is 1.85. The van der Waals surface area contributed by atoms with Crippen LogP contribution < -0.4 is 10.6 Å². The number of nitrogens with one attached hydrogen (secondary N) is 1. The Morgan fingerprint density at radius 1 is 1.43 bits per heavy atom. The second-order valence-electron chi connectivity index (χ2n) is 3.59. The number of nitrogen functional groups attached to an aromatic ring is 1. The van der Waals surface area contributed by atoms with Gasteiger partial charge in [-0.25, -0.2) is 0 Å². The quantitative estimate of drug-likeness (QED) is 0.704. The predicted molar refractivity (Wildman–Crippen MR) is 57.3 cm³/mol. The summed E-state index contributed by atoms with van der Waals surface area (Å²) < 4.78 is 0. The van der Waals surface area contributed by atoms with Crippen LogP contribution in [0.5, 0.6) is 0 Å². The molecule has 2 rings (SSSR count). The molecule has 0 aliphatic carbocycles. The Balaban J connectivity index is 1.99. The Labute approximate surface area is 83.9 Å². The van der Waals surface area contributed by atoms with Crippen molar-refractivity contribution < 1.29 is 0 Å². The number of likely N-dealkylation sites (N-methyl/N-ethyl adjacent to an activating group) is 1. The SMILES string of the molecule is CCN1CCN(c2cn[nH]c2N)CC1. The maximum atomic E-state index is 5.77. The van der Waals surface area contributed by atoms with E-state index in [4.69, 9.17) is 5.73 Å². The number of nitrogens with two attached hydrogens (primary N) is 1. The number of hydrogen-bond acceptors (Lipinski definition) is 4. The van der Waals surface area contributed by atoms with Gasteiger partial charge in [0.15, 0.2) is 0 Å². The summed E-state index contributed by atoms with van der Waals surface area (Å²) in [6.45, 7) is 7.63. The lowest BCUT2D eigenvalue weighted by atomic mass is 10.3. The van der Waals surface area contributed by atoms with Crippen molar-refractivity contribution in [3.63, 3.8) is 0 Å². The Morgan fingerprint density at radius 3 is 2.64 bits per heavy atom. The fraction of sp³-hybridized carbons (Fsp3) is 0.667. The number of piperazine rings is 1. The van der Waals surface area contributed by atoms with Crippen LogP contribution in [0.4, 0.5) is 11.5 Å². The average Bonchev–Trinajstić information content (AvgIpc) is 2.65. The minimum absolute atomic E-state index is 0.676. The highest BCUT2D eigenvalue weighted by molar-refractivity contribution is 5.62. The Morgan fingerprint density at radius 2 is 2.14 bits per heavy atom. The molecule has 5 heteroatoms. The molecule has 14 heavy (non-hydrogen) atoms. The largest absolute Gasteiger partial charge is 0.382 e. The minimum Gasteiger partial charge on any atom is -0.382 e. The summed E-state index contributed by atoms with van der Waals surface area (Å²) in [6.07, 6.45) is 1.80. The van der Waals surface area contributed by atoms with Crippen molar-refractivity contribution in [2.75, 3.05) is 43.4 Å². The van der Waals surface area contributed by atoms with E-state index in [1.807, 2.05) is 0 Å². The highest BCUT2D eigenvalue weighted by atomic mass is 15.3. The number of rotatable bonds is 2. The van der Waals surface area contributed by atoms with Gasteiger partial charge >= 0.3 is 0 Å². The van der Waals surface area contributed by atoms with Crippen molar-refractivity contribution >= 4 is 11.5 Å². The zero-order valence-electron chi connectivity index (χ0n) is 8.53. The van der Waals surface area contributed by atoms with Gasteiger partial charge in [-0.15, -0.1) is 0 Å². The monoisotopic (exact) mass is 195 g/mol. The summed E-state index contributed by atoms with van der Waals surface area (Å²) in [4.78, 5) is 4.72. The van der Waals surface area contributed by atoms with Gasteiger partial charge in [0.1, 0.15) is 5.82 Å². The molecule has 1 aliphatic rings. The molecule has 0 amide bonds. The first-order chi connectivity index (χ1) is 6.81. The molecule has 2 heterocycles. The van der Waals surface area contributed by atoms with Crippen molar-refractivity contribution in [2.24, 2.45) is 0 Å². The molecule has 3 N–H and O–H groups in total. The lowest BCUT2D eigenvalue weighted by molar-refractivity contribution is 0.271. The molecule has 5 nitrogen and oxygen atoms in total. The van der Waals surface area contributed by atoms with Crippen molar-refractivity contribution in [1.82, 2.24) is 15.1 Å². The van der Waals surface area contributed by atoms with Crippen molar-refractivity contribution in [2.45, 2.75) is 6.92 Å². The summed E-state index contributed by atoms with van der Waals surface area (Å²) >= 11 is 0. The Kier molecular flexibility index (Phi) is 2.58. The van der Waals surface area contributed by atoms with Gasteiger partial charge in [-0.05, 0) is 6.54 Å². The molecule has 0 saturated carbocycles. The molecular weight excluding hydrogens is 178 g/mol. The highest BCUT2D eigenvalue weighted by Gasteiger charge is 2.18. The topological polar surface area (TPSA) is 61.2 Å². The summed E-state index contributed by atoms with van der Waals surface area (Å²) in [5, 5.41) is 6.69. The van der Waals surface area contributed by atoms with E-state index in [0.717, 1.165) is 38.4 Å². The standard InChI is InChI=1S/C9H17N5/c1-2-13-3-5-14(6-4-13)8-7-11-12-9(8)10/h7H,2-6H2,1H3,(H3,10,11,12). The minimum atomic E-state index is 0.676. The number of anilines is 2. The van der Waals surface area contributed by atoms with E-state index >= 15 is 0 Å². The van der Waals surface area contributed by atoms with E-state index in [9.17, 15) is 0 Å². The van der Waals surface area contributed by atoms with Crippen LogP contribution in [-0.4, -0.2) is 47.8 Å². The van der Waals surface area contributed by atoms with E-state index in [-0.39, 0.29) is 0 Å². The molecule has 1 aromatic rings. The third kappa shape index (κ3) is 1.68. The summed E-state index contributed by atoms with van der Waals surface area (Å²) in [5.74, 6) is 0.676. The molecule has 0 atom stereocenters. The van der Waals surface area contributed by atoms with E-state index < -0.39 is 0 Å². The summed E-state index contributed by atoms with van der Waals surface area (Å²) in [5.41, 5.74) is 6.81. The highest BCUT2D eigenvalue weighted by Crippen LogP contribution is 2.20. The van der Waals surface area contributed by atoms with Crippen molar-refractivity contribution in [3.8, 4) is 0 Å². The van der Waals surface area contributed by atoms with Gasteiger partial charge in [0.2, 0.25) is 0 Å². The van der Waals surface area contributed by atoms with E-state index in [2.05, 4.69) is 26.9 Å². The van der Waals surface area contributed by atoms with Gasteiger partial charge in [0.25, 0.3) is 0 Å². The molecule has 1 saturated heterocycles. The number of nitrogens with zero attached hydrogens (tertiary/aromatic N) is 3. The predicted octanol–water partition coefficient (Wildman–Crippen LogP) is 0.134. The lowest BCUT2D eigenvalue weighted by Gasteiger charge is -2.34. The van der Waals surface area contributed by atoms with Gasteiger partial charge in [0, 0.05) is 26.2 Å². The molecule has 1 aromatic heterocycles. The number of H-pyrrole nitrogens is 1. The average molecular weight is 195 g/mol. The first-order valence-electron chi connectivity index (χ1n) is 5.07. The Hall–Kier alpha value is -1.23. The molecule has 0 spiro atoms. The van der Waals surface area contributed by atoms with Crippen molar-refractivity contribution in [3.05, 3.63) is 6.20 Å². The zero-order chi connectivity index (χ0) is 9.97. The number of aromatic nitrogens is 2. The smallest absolute Gasteiger partial charge is 0.142 e.